The summed E-state index contributed by atoms with van der Waals surface area (Å²) in [5.41, 5.74) is 5.69. The van der Waals surface area contributed by atoms with Crippen molar-refractivity contribution in [3.63, 3.8) is 0 Å². The van der Waals surface area contributed by atoms with Crippen molar-refractivity contribution in [2.24, 2.45) is 5.73 Å². The molecule has 1 aromatic heterocycles. The third-order valence-electron chi connectivity index (χ3n) is 4.80. The van der Waals surface area contributed by atoms with Crippen molar-refractivity contribution in [3.8, 4) is 5.88 Å². The lowest BCUT2D eigenvalue weighted by Gasteiger charge is -2.26. The van der Waals surface area contributed by atoms with E-state index in [4.69, 9.17) is 15.2 Å². The second-order valence-corrected chi connectivity index (χ2v) is 8.81. The molecule has 2 aromatic rings. The summed E-state index contributed by atoms with van der Waals surface area (Å²) >= 11 is 4.06. The Hall–Kier alpha value is -2.28. The van der Waals surface area contributed by atoms with Crippen molar-refractivity contribution in [2.75, 3.05) is 44.7 Å². The van der Waals surface area contributed by atoms with Crippen LogP contribution in [0.4, 0.5) is 14.2 Å². The number of nitrogens with two attached hydrogens (primary N) is 1. The number of carbonyl (C=O) groups excluding carboxylic acids is 2. The Labute approximate surface area is 197 Å². The van der Waals surface area contributed by atoms with Crippen molar-refractivity contribution in [2.45, 2.75) is 19.4 Å². The van der Waals surface area contributed by atoms with E-state index in [-0.39, 0.29) is 23.1 Å². The highest BCUT2D eigenvalue weighted by atomic mass is 79.9. The number of hydrogen-bond donors (Lipinski definition) is 3. The summed E-state index contributed by atoms with van der Waals surface area (Å²) < 4.78 is 29.4. The number of benzene rings is 1. The second kappa shape index (κ2) is 12.1. The lowest BCUT2D eigenvalue weighted by molar-refractivity contribution is 0.0372. The Bertz CT molecular complexity index is 939. The largest absolute Gasteiger partial charge is 0.471 e. The average molecular weight is 530 g/mol. The first-order valence-corrected chi connectivity index (χ1v) is 11.7. The molecule has 1 fully saturated rings. The molecule has 3 rings (SSSR count). The van der Waals surface area contributed by atoms with Gasteiger partial charge in [0.15, 0.2) is 0 Å². The van der Waals surface area contributed by atoms with Crippen LogP contribution in [-0.4, -0.2) is 60.6 Å². The molecule has 9 nitrogen and oxygen atoms in total. The predicted molar refractivity (Wildman–Crippen MR) is 123 cm³/mol. The molecule has 0 unspecified atom stereocenters. The second-order valence-electron chi connectivity index (χ2n) is 7.12. The Morgan fingerprint density at radius 2 is 2.09 bits per heavy atom. The highest BCUT2D eigenvalue weighted by Crippen LogP contribution is 2.31. The van der Waals surface area contributed by atoms with Crippen LogP contribution in [-0.2, 0) is 11.3 Å². The number of primary amides is 1. The van der Waals surface area contributed by atoms with E-state index in [9.17, 15) is 14.0 Å². The molecular weight excluding hydrogens is 505 g/mol. The van der Waals surface area contributed by atoms with E-state index in [1.807, 2.05) is 0 Å². The van der Waals surface area contributed by atoms with Gasteiger partial charge in [0.1, 0.15) is 23.0 Å². The van der Waals surface area contributed by atoms with Gasteiger partial charge in [-0.25, -0.2) is 9.18 Å². The highest BCUT2D eigenvalue weighted by molar-refractivity contribution is 9.10. The van der Waals surface area contributed by atoms with Gasteiger partial charge in [-0.3, -0.25) is 15.0 Å². The van der Waals surface area contributed by atoms with E-state index in [0.29, 0.717) is 16.6 Å². The van der Waals surface area contributed by atoms with Gasteiger partial charge in [0.2, 0.25) is 5.88 Å². The number of nitrogens with zero attached hydrogens (tertiary/aromatic N) is 2. The van der Waals surface area contributed by atoms with Crippen molar-refractivity contribution in [1.82, 2.24) is 14.6 Å². The first kappa shape index (κ1) is 24.4. The molecule has 1 aromatic carbocycles. The van der Waals surface area contributed by atoms with Crippen LogP contribution in [0.1, 0.15) is 28.8 Å². The Morgan fingerprint density at radius 3 is 2.81 bits per heavy atom. The lowest BCUT2D eigenvalue weighted by Crippen LogP contribution is -2.37. The maximum atomic E-state index is 14.0. The summed E-state index contributed by atoms with van der Waals surface area (Å²) in [4.78, 5) is 26.4. The zero-order valence-electron chi connectivity index (χ0n) is 17.4. The van der Waals surface area contributed by atoms with Crippen molar-refractivity contribution < 1.29 is 23.5 Å². The highest BCUT2D eigenvalue weighted by Gasteiger charge is 2.22. The molecule has 1 aliphatic heterocycles. The number of aromatic nitrogens is 1. The van der Waals surface area contributed by atoms with Crippen LogP contribution in [0, 0.1) is 5.82 Å². The molecule has 0 saturated carbocycles. The Morgan fingerprint density at radius 1 is 1.31 bits per heavy atom. The fourth-order valence-electron chi connectivity index (χ4n) is 3.10. The van der Waals surface area contributed by atoms with Gasteiger partial charge in [-0.2, -0.15) is 4.37 Å². The van der Waals surface area contributed by atoms with Crippen LogP contribution in [0.5, 0.6) is 5.88 Å². The molecule has 1 saturated heterocycles. The smallest absolute Gasteiger partial charge is 0.319 e. The van der Waals surface area contributed by atoms with Gasteiger partial charge < -0.3 is 20.5 Å². The summed E-state index contributed by atoms with van der Waals surface area (Å²) in [6, 6.07) is 4.08. The maximum absolute atomic E-state index is 14.0. The number of unbranched alkanes of at least 4 members (excludes halogenated alkanes) is 1. The predicted octanol–water partition coefficient (Wildman–Crippen LogP) is 2.96. The zero-order valence-corrected chi connectivity index (χ0v) is 19.8. The molecule has 32 heavy (non-hydrogen) atoms. The van der Waals surface area contributed by atoms with E-state index in [1.54, 1.807) is 12.1 Å². The SMILES string of the molecule is NC(=O)c1c(OCc2ccc(Br)cc2F)nsc1NC(=O)NCCCCN1CCOCC1. The van der Waals surface area contributed by atoms with Gasteiger partial charge in [0, 0.05) is 29.7 Å². The van der Waals surface area contributed by atoms with Crippen molar-refractivity contribution in [1.29, 1.82) is 0 Å². The molecule has 174 valence electrons. The van der Waals surface area contributed by atoms with E-state index in [0.717, 1.165) is 57.2 Å². The topological polar surface area (TPSA) is 119 Å². The zero-order chi connectivity index (χ0) is 22.9. The molecule has 0 aliphatic carbocycles. The van der Waals surface area contributed by atoms with E-state index in [2.05, 4.69) is 35.8 Å². The number of rotatable bonds is 10. The lowest BCUT2D eigenvalue weighted by atomic mass is 10.2. The fraction of sp³-hybridized carbons (Fsp3) is 0.450. The Kier molecular flexibility index (Phi) is 9.21. The summed E-state index contributed by atoms with van der Waals surface area (Å²) in [5.74, 6) is -1.31. The van der Waals surface area contributed by atoms with Crippen LogP contribution in [0.25, 0.3) is 0 Å². The van der Waals surface area contributed by atoms with E-state index >= 15 is 0 Å². The van der Waals surface area contributed by atoms with Crippen molar-refractivity contribution >= 4 is 44.4 Å². The monoisotopic (exact) mass is 529 g/mol. The van der Waals surface area contributed by atoms with Crippen molar-refractivity contribution in [3.05, 3.63) is 39.6 Å². The molecule has 0 radical (unpaired) electrons. The average Bonchev–Trinajstić information content (AvgIpc) is 3.16. The quantitative estimate of drug-likeness (QED) is 0.407. The van der Waals surface area contributed by atoms with Crippen LogP contribution < -0.4 is 21.1 Å². The number of carbonyl (C=O) groups is 2. The molecule has 1 aliphatic rings. The minimum Gasteiger partial charge on any atom is -0.471 e. The molecule has 12 heteroatoms. The number of halogens is 2. The summed E-state index contributed by atoms with van der Waals surface area (Å²) in [7, 11) is 0. The molecule has 0 bridgehead atoms. The molecular formula is C20H25BrFN5O4S. The van der Waals surface area contributed by atoms with Gasteiger partial charge in [0.05, 0.1) is 13.2 Å². The first-order chi connectivity index (χ1) is 15.4. The number of nitrogens with one attached hydrogen (secondary N) is 2. The van der Waals surface area contributed by atoms with Crippen LogP contribution in [0.2, 0.25) is 0 Å². The van der Waals surface area contributed by atoms with Gasteiger partial charge >= 0.3 is 6.03 Å². The standard InChI is InChI=1S/C20H25BrFN5O4S/c21-14-4-3-13(15(22)11-14)12-31-18-16(17(23)28)19(32-26-18)25-20(29)24-5-1-2-6-27-7-9-30-10-8-27/h3-4,11H,1-2,5-10,12H2,(H2,23,28)(H2,24,25,29). The number of anilines is 1. The number of morpholine rings is 1. The third-order valence-corrected chi connectivity index (χ3v) is 6.04. The molecule has 4 N–H and O–H groups in total. The fourth-order valence-corrected chi connectivity index (χ4v) is 4.16. The van der Waals surface area contributed by atoms with Crippen LogP contribution in [0.15, 0.2) is 22.7 Å². The molecule has 0 spiro atoms. The number of hydrogen-bond acceptors (Lipinski definition) is 7. The molecule has 3 amide bonds. The minimum absolute atomic E-state index is 0.0463. The number of ether oxygens (including phenoxy) is 2. The maximum Gasteiger partial charge on any atom is 0.319 e. The van der Waals surface area contributed by atoms with Crippen LogP contribution in [0.3, 0.4) is 0 Å². The Balaban J connectivity index is 1.47. The third kappa shape index (κ3) is 7.12. The number of amides is 3. The minimum atomic E-state index is -0.800. The summed E-state index contributed by atoms with van der Waals surface area (Å²) in [5, 5.41) is 5.52. The van der Waals surface area contributed by atoms with E-state index < -0.39 is 17.8 Å². The number of urea groups is 1. The molecule has 2 heterocycles. The molecule has 0 atom stereocenters. The van der Waals surface area contributed by atoms with Crippen LogP contribution >= 0.6 is 27.5 Å². The first-order valence-electron chi connectivity index (χ1n) is 10.1. The van der Waals surface area contributed by atoms with Gasteiger partial charge in [-0.05, 0) is 43.1 Å². The normalized spacial score (nSPS) is 14.2. The van der Waals surface area contributed by atoms with E-state index in [1.165, 1.54) is 6.07 Å². The van der Waals surface area contributed by atoms with Gasteiger partial charge in [-0.15, -0.1) is 0 Å². The summed E-state index contributed by atoms with van der Waals surface area (Å²) in [6.07, 6.45) is 1.78. The summed E-state index contributed by atoms with van der Waals surface area (Å²) in [6.45, 7) is 4.73. The van der Waals surface area contributed by atoms with Gasteiger partial charge in [-0.1, -0.05) is 22.0 Å². The van der Waals surface area contributed by atoms with Gasteiger partial charge in [0.25, 0.3) is 5.91 Å².